The topological polar surface area (TPSA) is 61.2 Å². The smallest absolute Gasteiger partial charge is 0.261 e. The molecule has 120 valence electrons. The zero-order chi connectivity index (χ0) is 16.2. The maximum absolute atomic E-state index is 12.9. The van der Waals surface area contributed by atoms with Crippen LogP contribution in [0.1, 0.15) is 42.4 Å². The molecule has 0 N–H and O–H groups in total. The monoisotopic (exact) mass is 376 g/mol. The molecule has 5 nitrogen and oxygen atoms in total. The third-order valence-corrected chi connectivity index (χ3v) is 5.60. The van der Waals surface area contributed by atoms with Crippen LogP contribution in [0.5, 0.6) is 0 Å². The van der Waals surface area contributed by atoms with Crippen LogP contribution in [0.3, 0.4) is 0 Å². The Morgan fingerprint density at radius 2 is 2.04 bits per heavy atom. The lowest BCUT2D eigenvalue weighted by Crippen LogP contribution is -2.34. The van der Waals surface area contributed by atoms with Gasteiger partial charge in [0.25, 0.3) is 5.56 Å². The summed E-state index contributed by atoms with van der Waals surface area (Å²) in [5.41, 5.74) is 0.915. The molecule has 0 saturated carbocycles. The highest BCUT2D eigenvalue weighted by Gasteiger charge is 2.42. The fourth-order valence-electron chi connectivity index (χ4n) is 3.84. The van der Waals surface area contributed by atoms with E-state index in [1.54, 1.807) is 16.7 Å². The lowest BCUT2D eigenvalue weighted by molar-refractivity contribution is 0.0492. The number of nitrogens with zero attached hydrogens (tertiary/aromatic N) is 2. The molecule has 3 heterocycles. The first-order valence-corrected chi connectivity index (χ1v) is 8.64. The Hall–Kier alpha value is -1.53. The van der Waals surface area contributed by atoms with Gasteiger partial charge in [0.2, 0.25) is 0 Å². The summed E-state index contributed by atoms with van der Waals surface area (Å²) >= 11 is 3.39. The summed E-state index contributed by atoms with van der Waals surface area (Å²) in [5, 5.41) is 0.512. The van der Waals surface area contributed by atoms with Crippen molar-refractivity contribution in [1.29, 1.82) is 0 Å². The molecule has 6 heteroatoms. The highest BCUT2D eigenvalue weighted by molar-refractivity contribution is 9.10. The Bertz CT molecular complexity index is 882. The van der Waals surface area contributed by atoms with E-state index in [1.807, 2.05) is 0 Å². The maximum Gasteiger partial charge on any atom is 0.261 e. The second kappa shape index (κ2) is 5.24. The van der Waals surface area contributed by atoms with Crippen molar-refractivity contribution in [2.24, 2.45) is 0 Å². The highest BCUT2D eigenvalue weighted by Crippen LogP contribution is 2.41. The number of ketones is 1. The molecule has 0 amide bonds. The van der Waals surface area contributed by atoms with Crippen LogP contribution in [-0.2, 0) is 16.7 Å². The van der Waals surface area contributed by atoms with Gasteiger partial charge in [-0.3, -0.25) is 14.2 Å². The molecular formula is C17H17BrN2O3. The Kier molecular flexibility index (Phi) is 3.43. The minimum atomic E-state index is -0.0767. The predicted molar refractivity (Wildman–Crippen MR) is 90.1 cm³/mol. The van der Waals surface area contributed by atoms with Crippen LogP contribution < -0.4 is 5.56 Å². The molecule has 2 aromatic rings. The van der Waals surface area contributed by atoms with E-state index in [9.17, 15) is 9.59 Å². The van der Waals surface area contributed by atoms with E-state index in [4.69, 9.17) is 9.72 Å². The first kappa shape index (κ1) is 15.0. The molecule has 0 radical (unpaired) electrons. The molecular weight excluding hydrogens is 360 g/mol. The Balaban J connectivity index is 2.05. The number of aromatic nitrogens is 2. The number of halogens is 1. The van der Waals surface area contributed by atoms with Crippen LogP contribution in [0, 0.1) is 0 Å². The van der Waals surface area contributed by atoms with Gasteiger partial charge in [-0.1, -0.05) is 15.9 Å². The minimum Gasteiger partial charge on any atom is -0.381 e. The molecule has 0 bridgehead atoms. The van der Waals surface area contributed by atoms with Gasteiger partial charge in [0.05, 0.1) is 10.9 Å². The summed E-state index contributed by atoms with van der Waals surface area (Å²) in [7, 11) is 0. The van der Waals surface area contributed by atoms with Gasteiger partial charge in [-0.25, -0.2) is 4.98 Å². The number of hydrogen-bond donors (Lipinski definition) is 0. The highest BCUT2D eigenvalue weighted by atomic mass is 79.9. The average Bonchev–Trinajstić information content (AvgIpc) is 2.87. The number of Topliss-reactive ketones (excluding diaryl/α,β-unsaturated/α-hetero) is 1. The molecule has 0 atom stereocenters. The molecule has 1 aromatic carbocycles. The zero-order valence-corrected chi connectivity index (χ0v) is 14.5. The van der Waals surface area contributed by atoms with E-state index >= 15 is 0 Å². The standard InChI is InChI=1S/C17H17BrN2O3/c1-10(21)12-8-11(18)9-13-14(12)19-16-17(3-6-23-7-4-17)2-5-20(16)15(13)22/h8-9H,2-7H2,1H3. The van der Waals surface area contributed by atoms with Gasteiger partial charge in [0.15, 0.2) is 5.78 Å². The molecule has 23 heavy (non-hydrogen) atoms. The number of carbonyl (C=O) groups excluding carboxylic acids is 1. The lowest BCUT2D eigenvalue weighted by atomic mass is 9.78. The number of carbonyl (C=O) groups is 1. The molecule has 1 aromatic heterocycles. The Morgan fingerprint density at radius 3 is 2.74 bits per heavy atom. The first-order valence-electron chi connectivity index (χ1n) is 7.85. The third-order valence-electron chi connectivity index (χ3n) is 5.14. The van der Waals surface area contributed by atoms with Gasteiger partial charge in [-0.2, -0.15) is 0 Å². The molecule has 0 aliphatic carbocycles. The van der Waals surface area contributed by atoms with Crippen molar-refractivity contribution in [1.82, 2.24) is 9.55 Å². The summed E-state index contributed by atoms with van der Waals surface area (Å²) < 4.78 is 8.02. The number of fused-ring (bicyclic) bond motifs is 3. The molecule has 1 saturated heterocycles. The zero-order valence-electron chi connectivity index (χ0n) is 12.9. The van der Waals surface area contributed by atoms with E-state index in [1.165, 1.54) is 6.92 Å². The summed E-state index contributed by atoms with van der Waals surface area (Å²) in [6.07, 6.45) is 2.69. The van der Waals surface area contributed by atoms with Crippen molar-refractivity contribution in [3.8, 4) is 0 Å². The fraction of sp³-hybridized carbons (Fsp3) is 0.471. The van der Waals surface area contributed by atoms with Gasteiger partial charge in [0.1, 0.15) is 5.82 Å². The summed E-state index contributed by atoms with van der Waals surface area (Å²) in [6, 6.07) is 3.51. The summed E-state index contributed by atoms with van der Waals surface area (Å²) in [5.74, 6) is 0.760. The Labute approximate surface area is 141 Å². The van der Waals surface area contributed by atoms with Crippen LogP contribution in [0.25, 0.3) is 10.9 Å². The van der Waals surface area contributed by atoms with E-state index < -0.39 is 0 Å². The van der Waals surface area contributed by atoms with Crippen LogP contribution in [0.4, 0.5) is 0 Å². The van der Waals surface area contributed by atoms with Crippen LogP contribution in [0.15, 0.2) is 21.4 Å². The lowest BCUT2D eigenvalue weighted by Gasteiger charge is -2.32. The molecule has 1 fully saturated rings. The van der Waals surface area contributed by atoms with Crippen molar-refractivity contribution < 1.29 is 9.53 Å². The van der Waals surface area contributed by atoms with Gasteiger partial charge < -0.3 is 4.74 Å². The number of benzene rings is 1. The molecule has 1 spiro atoms. The number of hydrogen-bond acceptors (Lipinski definition) is 4. The maximum atomic E-state index is 12.9. The van der Waals surface area contributed by atoms with Crippen LogP contribution >= 0.6 is 15.9 Å². The van der Waals surface area contributed by atoms with E-state index in [0.29, 0.717) is 36.2 Å². The third kappa shape index (κ3) is 2.19. The van der Waals surface area contributed by atoms with E-state index in [-0.39, 0.29) is 16.8 Å². The quantitative estimate of drug-likeness (QED) is 0.717. The van der Waals surface area contributed by atoms with Gasteiger partial charge in [0, 0.05) is 35.2 Å². The van der Waals surface area contributed by atoms with E-state index in [2.05, 4.69) is 15.9 Å². The van der Waals surface area contributed by atoms with Crippen molar-refractivity contribution in [2.45, 2.75) is 38.1 Å². The fourth-order valence-corrected chi connectivity index (χ4v) is 4.30. The molecule has 2 aliphatic heterocycles. The van der Waals surface area contributed by atoms with Crippen LogP contribution in [0.2, 0.25) is 0 Å². The van der Waals surface area contributed by atoms with Gasteiger partial charge in [-0.05, 0) is 38.3 Å². The van der Waals surface area contributed by atoms with Crippen molar-refractivity contribution in [3.63, 3.8) is 0 Å². The summed E-state index contributed by atoms with van der Waals surface area (Å²) in [4.78, 5) is 29.8. The van der Waals surface area contributed by atoms with E-state index in [0.717, 1.165) is 29.6 Å². The predicted octanol–water partition coefficient (Wildman–Crippen LogP) is 2.81. The van der Waals surface area contributed by atoms with Crippen molar-refractivity contribution in [3.05, 3.63) is 38.3 Å². The largest absolute Gasteiger partial charge is 0.381 e. The second-order valence-electron chi connectivity index (χ2n) is 6.44. The van der Waals surface area contributed by atoms with Crippen molar-refractivity contribution >= 4 is 32.6 Å². The minimum absolute atomic E-state index is 0.0443. The second-order valence-corrected chi connectivity index (χ2v) is 7.36. The van der Waals surface area contributed by atoms with Crippen LogP contribution in [-0.4, -0.2) is 28.5 Å². The van der Waals surface area contributed by atoms with Gasteiger partial charge >= 0.3 is 0 Å². The SMILES string of the molecule is CC(=O)c1cc(Br)cc2c(=O)n3c(nc12)C1(CCOCC1)CC3. The molecule has 4 rings (SSSR count). The first-order chi connectivity index (χ1) is 11.0. The average molecular weight is 377 g/mol. The molecule has 0 unspecified atom stereocenters. The molecule has 2 aliphatic rings. The number of ether oxygens (including phenoxy) is 1. The number of rotatable bonds is 1. The van der Waals surface area contributed by atoms with Gasteiger partial charge in [-0.15, -0.1) is 0 Å². The Morgan fingerprint density at radius 1 is 1.30 bits per heavy atom. The van der Waals surface area contributed by atoms with Crippen molar-refractivity contribution in [2.75, 3.05) is 13.2 Å². The normalized spacial score (nSPS) is 19.2. The summed E-state index contributed by atoms with van der Waals surface area (Å²) in [6.45, 7) is 3.61.